The standard InChI is InChI=1S/C7H5N7O4.CH5N/c1-8-6-4(11-17-13-6)2-3(10-16-9-2)5-7(15)14-18-12-5;1-2/h1H3,(H,8,13)(H,14,15);2H2,1H3. The van der Waals surface area contributed by atoms with Crippen LogP contribution in [0.2, 0.25) is 0 Å². The number of hydrogen-bond acceptors (Lipinski definition) is 11. The molecule has 3 aromatic rings. The first-order chi connectivity index (χ1) is 9.81. The van der Waals surface area contributed by atoms with E-state index in [0.29, 0.717) is 5.82 Å². The molecule has 3 rings (SSSR count). The molecule has 0 saturated heterocycles. The molecule has 0 radical (unpaired) electrons. The topological polar surface area (TPSA) is 179 Å². The van der Waals surface area contributed by atoms with E-state index in [1.807, 2.05) is 0 Å². The number of aromatic nitrogens is 6. The van der Waals surface area contributed by atoms with Crippen LogP contribution >= 0.6 is 0 Å². The first-order valence-corrected chi connectivity index (χ1v) is 5.35. The molecule has 0 atom stereocenters. The summed E-state index contributed by atoms with van der Waals surface area (Å²) in [7, 11) is 3.37. The molecule has 0 unspecified atom stereocenters. The van der Waals surface area contributed by atoms with Gasteiger partial charge in [-0.15, -0.1) is 0 Å². The summed E-state index contributed by atoms with van der Waals surface area (Å²) in [6.45, 7) is 0. The Morgan fingerprint density at radius 2 is 1.30 bits per heavy atom. The van der Waals surface area contributed by atoms with Gasteiger partial charge in [-0.3, -0.25) is 0 Å². The molecule has 20 heavy (non-hydrogen) atoms. The third kappa shape index (κ3) is 2.14. The van der Waals surface area contributed by atoms with E-state index in [-0.39, 0.29) is 22.8 Å². The summed E-state index contributed by atoms with van der Waals surface area (Å²) in [5.41, 5.74) is 3.55. The van der Waals surface area contributed by atoms with Crippen molar-refractivity contribution in [1.82, 2.24) is 30.9 Å². The Kier molecular flexibility index (Phi) is 3.85. The molecule has 0 amide bonds. The van der Waals surface area contributed by atoms with E-state index in [9.17, 15) is 5.11 Å². The lowest BCUT2D eigenvalue weighted by molar-refractivity contribution is -0.325. The van der Waals surface area contributed by atoms with Gasteiger partial charge in [0, 0.05) is 7.05 Å². The van der Waals surface area contributed by atoms with E-state index < -0.39 is 5.88 Å². The van der Waals surface area contributed by atoms with Crippen molar-refractivity contribution in [3.63, 3.8) is 0 Å². The second-order valence-electron chi connectivity index (χ2n) is 3.09. The normalized spacial score (nSPS) is 9.95. The van der Waals surface area contributed by atoms with Gasteiger partial charge >= 0.3 is 0 Å². The minimum atomic E-state index is -0.686. The Balaban J connectivity index is 0.000000704. The Morgan fingerprint density at radius 3 is 1.90 bits per heavy atom. The largest absolute Gasteiger partial charge is 0.855 e. The van der Waals surface area contributed by atoms with Gasteiger partial charge in [-0.1, -0.05) is 5.16 Å². The summed E-state index contributed by atoms with van der Waals surface area (Å²) in [4.78, 5) is 0. The van der Waals surface area contributed by atoms with Gasteiger partial charge < -0.3 is 16.2 Å². The highest BCUT2D eigenvalue weighted by atomic mass is 16.6. The highest BCUT2D eigenvalue weighted by Crippen LogP contribution is 2.32. The monoisotopic (exact) mass is 282 g/mol. The predicted octanol–water partition coefficient (Wildman–Crippen LogP) is -1.86. The number of nitrogens with zero attached hydrogens (tertiary/aromatic N) is 6. The van der Waals surface area contributed by atoms with E-state index in [2.05, 4.69) is 55.9 Å². The lowest BCUT2D eigenvalue weighted by Crippen LogP contribution is -2.40. The zero-order valence-corrected chi connectivity index (χ0v) is 10.5. The molecule has 0 spiro atoms. The van der Waals surface area contributed by atoms with Gasteiger partial charge in [0.25, 0.3) is 0 Å². The van der Waals surface area contributed by atoms with Crippen LogP contribution in [0.25, 0.3) is 22.8 Å². The van der Waals surface area contributed by atoms with Gasteiger partial charge in [0.05, 0.1) is 12.9 Å². The molecule has 4 N–H and O–H groups in total. The fourth-order valence-electron chi connectivity index (χ4n) is 1.33. The fourth-order valence-corrected chi connectivity index (χ4v) is 1.33. The van der Waals surface area contributed by atoms with Gasteiger partial charge in [0.15, 0.2) is 22.8 Å². The molecule has 0 saturated carbocycles. The molecular weight excluding hydrogens is 272 g/mol. The summed E-state index contributed by atoms with van der Waals surface area (Å²) in [5.74, 6) is -0.370. The molecular formula is C8H10N8O4. The maximum absolute atomic E-state index is 11.3. The van der Waals surface area contributed by atoms with Crippen LogP contribution in [0, 0.1) is 0 Å². The van der Waals surface area contributed by atoms with E-state index in [1.165, 1.54) is 0 Å². The first kappa shape index (κ1) is 13.4. The van der Waals surface area contributed by atoms with E-state index >= 15 is 0 Å². The molecule has 0 aliphatic heterocycles. The summed E-state index contributed by atoms with van der Waals surface area (Å²) in [6.07, 6.45) is 0. The molecule has 0 aliphatic rings. The van der Waals surface area contributed by atoms with Crippen LogP contribution in [-0.4, -0.2) is 45.0 Å². The molecule has 3 heterocycles. The van der Waals surface area contributed by atoms with E-state index in [0.717, 1.165) is 0 Å². The average molecular weight is 282 g/mol. The van der Waals surface area contributed by atoms with Crippen molar-refractivity contribution in [3.05, 3.63) is 0 Å². The van der Waals surface area contributed by atoms with Crippen molar-refractivity contribution in [2.45, 2.75) is 0 Å². The van der Waals surface area contributed by atoms with Crippen LogP contribution in [0.3, 0.4) is 0 Å². The second-order valence-corrected chi connectivity index (χ2v) is 3.09. The average Bonchev–Trinajstić information content (AvgIpc) is 3.19. The van der Waals surface area contributed by atoms with Crippen molar-refractivity contribution in [2.75, 3.05) is 19.4 Å². The number of rotatable bonds is 3. The van der Waals surface area contributed by atoms with Crippen molar-refractivity contribution in [3.8, 4) is 28.7 Å². The van der Waals surface area contributed by atoms with Crippen LogP contribution < -0.4 is 16.2 Å². The van der Waals surface area contributed by atoms with Crippen molar-refractivity contribution in [2.24, 2.45) is 0 Å². The fraction of sp³-hybridized carbons (Fsp3) is 0.250. The smallest absolute Gasteiger partial charge is 0.200 e. The van der Waals surface area contributed by atoms with Gasteiger partial charge in [0.2, 0.25) is 5.82 Å². The molecule has 0 aliphatic carbocycles. The zero-order chi connectivity index (χ0) is 14.5. The van der Waals surface area contributed by atoms with Crippen molar-refractivity contribution in [1.29, 1.82) is 0 Å². The number of quaternary nitrogens is 1. The van der Waals surface area contributed by atoms with Gasteiger partial charge in [-0.25, -0.2) is 13.9 Å². The molecule has 12 nitrogen and oxygen atoms in total. The van der Waals surface area contributed by atoms with Gasteiger partial charge in [0.1, 0.15) is 0 Å². The van der Waals surface area contributed by atoms with Crippen LogP contribution in [0.15, 0.2) is 13.9 Å². The minimum absolute atomic E-state index is 0.0495. The molecule has 3 aromatic heterocycles. The van der Waals surface area contributed by atoms with Crippen LogP contribution in [-0.2, 0) is 0 Å². The second kappa shape index (κ2) is 5.75. The first-order valence-electron chi connectivity index (χ1n) is 5.35. The highest BCUT2D eigenvalue weighted by Gasteiger charge is 2.24. The van der Waals surface area contributed by atoms with Crippen LogP contribution in [0.1, 0.15) is 0 Å². The Morgan fingerprint density at radius 1 is 0.800 bits per heavy atom. The maximum Gasteiger partial charge on any atom is 0.200 e. The molecule has 0 aromatic carbocycles. The Labute approximate surface area is 110 Å². The molecule has 0 bridgehead atoms. The number of nitrogens with one attached hydrogen (secondary N) is 1. The predicted molar refractivity (Wildman–Crippen MR) is 58.7 cm³/mol. The number of hydrogen-bond donors (Lipinski definition) is 2. The quantitative estimate of drug-likeness (QED) is 0.549. The molecule has 12 heteroatoms. The summed E-state index contributed by atoms with van der Waals surface area (Å²) >= 11 is 0. The zero-order valence-electron chi connectivity index (χ0n) is 10.5. The molecule has 106 valence electrons. The lowest BCUT2D eigenvalue weighted by Gasteiger charge is -1.98. The Hall–Kier alpha value is -3.02. The molecule has 0 fully saturated rings. The summed E-state index contributed by atoms with van der Waals surface area (Å²) in [6, 6.07) is 0. The van der Waals surface area contributed by atoms with Crippen LogP contribution in [0.5, 0.6) is 5.88 Å². The highest BCUT2D eigenvalue weighted by molar-refractivity contribution is 5.79. The van der Waals surface area contributed by atoms with E-state index in [1.54, 1.807) is 14.1 Å². The number of anilines is 1. The van der Waals surface area contributed by atoms with Gasteiger partial charge in [-0.05, 0) is 25.8 Å². The SMILES string of the molecule is CNc1nonc1-c1nonc1-c1nonc1[O-].C[NH3+]. The van der Waals surface area contributed by atoms with Crippen molar-refractivity contribution < 1.29 is 24.7 Å². The van der Waals surface area contributed by atoms with E-state index in [4.69, 9.17) is 0 Å². The third-order valence-electron chi connectivity index (χ3n) is 2.12. The van der Waals surface area contributed by atoms with Crippen LogP contribution in [0.4, 0.5) is 5.82 Å². The Bertz CT molecular complexity index is 673. The lowest BCUT2D eigenvalue weighted by atomic mass is 10.2. The van der Waals surface area contributed by atoms with Crippen molar-refractivity contribution >= 4 is 5.82 Å². The third-order valence-corrected chi connectivity index (χ3v) is 2.12. The van der Waals surface area contributed by atoms with Gasteiger partial charge in [-0.2, -0.15) is 0 Å². The summed E-state index contributed by atoms with van der Waals surface area (Å²) < 4.78 is 13.4. The maximum atomic E-state index is 11.3. The summed E-state index contributed by atoms with van der Waals surface area (Å²) in [5, 5.41) is 35.0. The minimum Gasteiger partial charge on any atom is -0.855 e.